The van der Waals surface area contributed by atoms with Crippen molar-refractivity contribution in [1.29, 1.82) is 0 Å². The predicted molar refractivity (Wildman–Crippen MR) is 75.3 cm³/mol. The van der Waals surface area contributed by atoms with Gasteiger partial charge < -0.3 is 0 Å². The summed E-state index contributed by atoms with van der Waals surface area (Å²) in [5.74, 6) is 0.745. The minimum Gasteiger partial charge on any atom is -0.198 e. The number of hydrogen-bond acceptors (Lipinski definition) is 0. The third kappa shape index (κ3) is 3.43. The molecule has 2 aromatic rings. The van der Waals surface area contributed by atoms with Gasteiger partial charge in [-0.1, -0.05) is 56.7 Å². The van der Waals surface area contributed by atoms with Gasteiger partial charge in [0.05, 0.1) is 0 Å². The molecule has 0 N–H and O–H groups in total. The van der Waals surface area contributed by atoms with E-state index >= 15 is 0 Å². The zero-order valence-electron chi connectivity index (χ0n) is 11.3. The highest BCUT2D eigenvalue weighted by Crippen LogP contribution is 2.08. The van der Waals surface area contributed by atoms with Crippen molar-refractivity contribution in [1.82, 2.24) is 0 Å². The van der Waals surface area contributed by atoms with Gasteiger partial charge in [-0.05, 0) is 5.92 Å². The van der Waals surface area contributed by atoms with Crippen LogP contribution < -0.4 is 4.57 Å². The molecule has 1 nitrogen and oxygen atoms in total. The van der Waals surface area contributed by atoms with Crippen LogP contribution in [-0.4, -0.2) is 0 Å². The molecule has 0 radical (unpaired) electrons. The van der Waals surface area contributed by atoms with E-state index in [1.54, 1.807) is 0 Å². The topological polar surface area (TPSA) is 3.88 Å². The van der Waals surface area contributed by atoms with E-state index in [2.05, 4.69) is 73.1 Å². The van der Waals surface area contributed by atoms with Gasteiger partial charge in [0.2, 0.25) is 0 Å². The standard InChI is InChI=1S/C17H22N/c1-3-15(2)13-17-11-7-8-12-18(17)14-16-9-5-4-6-10-16/h4-12,15H,3,13-14H2,1-2H3/q+1. The second kappa shape index (κ2) is 6.34. The van der Waals surface area contributed by atoms with Crippen molar-refractivity contribution in [3.05, 3.63) is 66.0 Å². The molecule has 1 heterocycles. The molecule has 0 amide bonds. The number of rotatable bonds is 5. The Hall–Kier alpha value is -1.63. The van der Waals surface area contributed by atoms with Crippen LogP contribution in [0.3, 0.4) is 0 Å². The van der Waals surface area contributed by atoms with Crippen LogP contribution >= 0.6 is 0 Å². The minimum atomic E-state index is 0.745. The van der Waals surface area contributed by atoms with Crippen molar-refractivity contribution < 1.29 is 4.57 Å². The lowest BCUT2D eigenvalue weighted by Gasteiger charge is -2.08. The molecule has 2 rings (SSSR count). The highest BCUT2D eigenvalue weighted by Gasteiger charge is 2.12. The zero-order valence-corrected chi connectivity index (χ0v) is 11.3. The lowest BCUT2D eigenvalue weighted by molar-refractivity contribution is -0.696. The Morgan fingerprint density at radius 2 is 1.72 bits per heavy atom. The Balaban J connectivity index is 2.17. The summed E-state index contributed by atoms with van der Waals surface area (Å²) in [6, 6.07) is 17.1. The first-order valence-electron chi connectivity index (χ1n) is 6.81. The number of pyridine rings is 1. The van der Waals surface area contributed by atoms with Crippen molar-refractivity contribution in [2.75, 3.05) is 0 Å². The molecule has 0 saturated carbocycles. The van der Waals surface area contributed by atoms with Crippen molar-refractivity contribution in [2.24, 2.45) is 5.92 Å². The number of hydrogen-bond donors (Lipinski definition) is 0. The first kappa shape index (κ1) is 12.8. The summed E-state index contributed by atoms with van der Waals surface area (Å²) in [5, 5.41) is 0. The molecule has 1 aromatic heterocycles. The van der Waals surface area contributed by atoms with E-state index in [9.17, 15) is 0 Å². The van der Waals surface area contributed by atoms with E-state index < -0.39 is 0 Å². The first-order chi connectivity index (χ1) is 8.79. The quantitative estimate of drug-likeness (QED) is 0.703. The van der Waals surface area contributed by atoms with Crippen LogP contribution in [0.4, 0.5) is 0 Å². The Morgan fingerprint density at radius 1 is 1.00 bits per heavy atom. The maximum Gasteiger partial charge on any atom is 0.181 e. The summed E-state index contributed by atoms with van der Waals surface area (Å²) in [4.78, 5) is 0. The molecule has 0 aliphatic rings. The lowest BCUT2D eigenvalue weighted by Crippen LogP contribution is -2.39. The second-order valence-corrected chi connectivity index (χ2v) is 5.02. The molecule has 0 saturated heterocycles. The van der Waals surface area contributed by atoms with E-state index in [4.69, 9.17) is 0 Å². The number of benzene rings is 1. The fourth-order valence-electron chi connectivity index (χ4n) is 2.13. The maximum absolute atomic E-state index is 2.36. The molecule has 1 heteroatoms. The molecule has 0 aliphatic heterocycles. The van der Waals surface area contributed by atoms with Crippen LogP contribution in [0.15, 0.2) is 54.7 Å². The van der Waals surface area contributed by atoms with Gasteiger partial charge >= 0.3 is 0 Å². The summed E-state index contributed by atoms with van der Waals surface area (Å²) < 4.78 is 2.36. The summed E-state index contributed by atoms with van der Waals surface area (Å²) in [7, 11) is 0. The first-order valence-corrected chi connectivity index (χ1v) is 6.81. The van der Waals surface area contributed by atoms with Gasteiger partial charge in [-0.25, -0.2) is 0 Å². The Kier molecular flexibility index (Phi) is 4.52. The molecular formula is C17H22N+. The van der Waals surface area contributed by atoms with E-state index in [0.29, 0.717) is 0 Å². The van der Waals surface area contributed by atoms with Crippen LogP contribution in [0.2, 0.25) is 0 Å². The zero-order chi connectivity index (χ0) is 12.8. The Bertz CT molecular complexity index is 476. The summed E-state index contributed by atoms with van der Waals surface area (Å²) in [6.45, 7) is 5.54. The van der Waals surface area contributed by atoms with Crippen molar-refractivity contribution in [2.45, 2.75) is 33.2 Å². The maximum atomic E-state index is 2.36. The van der Waals surface area contributed by atoms with Crippen LogP contribution in [0.25, 0.3) is 0 Å². The third-order valence-electron chi connectivity index (χ3n) is 3.48. The fourth-order valence-corrected chi connectivity index (χ4v) is 2.13. The highest BCUT2D eigenvalue weighted by molar-refractivity contribution is 5.13. The molecule has 0 fully saturated rings. The molecule has 0 bridgehead atoms. The summed E-state index contributed by atoms with van der Waals surface area (Å²) >= 11 is 0. The van der Waals surface area contributed by atoms with Gasteiger partial charge in [0.25, 0.3) is 0 Å². The normalized spacial score (nSPS) is 12.3. The molecular weight excluding hydrogens is 218 g/mol. The fraction of sp³-hybridized carbons (Fsp3) is 0.353. The van der Waals surface area contributed by atoms with Gasteiger partial charge in [-0.3, -0.25) is 0 Å². The van der Waals surface area contributed by atoms with Gasteiger partial charge in [-0.2, -0.15) is 4.57 Å². The lowest BCUT2D eigenvalue weighted by atomic mass is 10.0. The van der Waals surface area contributed by atoms with E-state index in [0.717, 1.165) is 18.9 Å². The molecule has 1 unspecified atom stereocenters. The van der Waals surface area contributed by atoms with Gasteiger partial charge in [0.15, 0.2) is 18.4 Å². The minimum absolute atomic E-state index is 0.745. The van der Waals surface area contributed by atoms with Crippen molar-refractivity contribution in [3.8, 4) is 0 Å². The molecule has 0 spiro atoms. The molecule has 94 valence electrons. The largest absolute Gasteiger partial charge is 0.198 e. The summed E-state index contributed by atoms with van der Waals surface area (Å²) in [6.07, 6.45) is 4.58. The van der Waals surface area contributed by atoms with Crippen LogP contribution in [0.5, 0.6) is 0 Å². The second-order valence-electron chi connectivity index (χ2n) is 5.02. The Morgan fingerprint density at radius 3 is 2.44 bits per heavy atom. The monoisotopic (exact) mass is 240 g/mol. The van der Waals surface area contributed by atoms with Gasteiger partial charge in [-0.15, -0.1) is 0 Å². The number of aromatic nitrogens is 1. The van der Waals surface area contributed by atoms with Gasteiger partial charge in [0.1, 0.15) is 0 Å². The average Bonchev–Trinajstić information content (AvgIpc) is 2.42. The van der Waals surface area contributed by atoms with Crippen LogP contribution in [0.1, 0.15) is 31.5 Å². The third-order valence-corrected chi connectivity index (χ3v) is 3.48. The Labute approximate surface area is 110 Å². The molecule has 1 aromatic carbocycles. The van der Waals surface area contributed by atoms with Crippen LogP contribution in [0, 0.1) is 5.92 Å². The van der Waals surface area contributed by atoms with Crippen molar-refractivity contribution in [3.63, 3.8) is 0 Å². The van der Waals surface area contributed by atoms with Crippen molar-refractivity contribution >= 4 is 0 Å². The van der Waals surface area contributed by atoms with E-state index in [-0.39, 0.29) is 0 Å². The van der Waals surface area contributed by atoms with Crippen LogP contribution in [-0.2, 0) is 13.0 Å². The smallest absolute Gasteiger partial charge is 0.181 e. The summed E-state index contributed by atoms with van der Waals surface area (Å²) in [5.41, 5.74) is 2.79. The van der Waals surface area contributed by atoms with E-state index in [1.807, 2.05) is 0 Å². The predicted octanol–water partition coefficient (Wildman–Crippen LogP) is 3.61. The number of nitrogens with zero attached hydrogens (tertiary/aromatic N) is 1. The SMILES string of the molecule is CCC(C)Cc1cccc[n+]1Cc1ccccc1. The molecule has 1 atom stereocenters. The highest BCUT2D eigenvalue weighted by atomic mass is 15.0. The van der Waals surface area contributed by atoms with E-state index in [1.165, 1.54) is 17.7 Å². The average molecular weight is 240 g/mol. The van der Waals surface area contributed by atoms with Gasteiger partial charge in [0, 0.05) is 24.1 Å². The molecule has 18 heavy (non-hydrogen) atoms. The molecule has 0 aliphatic carbocycles.